The second kappa shape index (κ2) is 9.50. The molecule has 3 nitrogen and oxygen atoms in total. The zero-order valence-corrected chi connectivity index (χ0v) is 21.8. The van der Waals surface area contributed by atoms with Gasteiger partial charge < -0.3 is 9.90 Å². The summed E-state index contributed by atoms with van der Waals surface area (Å²) in [6.45, 7) is 12.2. The highest BCUT2D eigenvalue weighted by Gasteiger charge is 2.61. The Balaban J connectivity index is 1.55. The monoisotopic (exact) mass is 456 g/mol. The lowest BCUT2D eigenvalue weighted by Gasteiger charge is -2.60. The van der Waals surface area contributed by atoms with Crippen molar-refractivity contribution in [2.24, 2.45) is 58.2 Å². The number of carbonyl (C=O) groups is 2. The van der Waals surface area contributed by atoms with Crippen LogP contribution in [-0.2, 0) is 9.59 Å². The van der Waals surface area contributed by atoms with Gasteiger partial charge in [-0.15, -0.1) is 0 Å². The summed E-state index contributed by atoms with van der Waals surface area (Å²) in [7, 11) is 0. The highest BCUT2D eigenvalue weighted by atomic mass is 16.4. The van der Waals surface area contributed by atoms with Crippen molar-refractivity contribution in [3.8, 4) is 0 Å². The molecule has 0 aliphatic heterocycles. The van der Waals surface area contributed by atoms with Crippen LogP contribution in [0.5, 0.6) is 0 Å². The molecule has 3 heteroatoms. The standard InChI is InChI=1S/C30H48O3/c1-19(2)7-6-8-20(3)24-9-10-25-28-22(18-31)17-23-15-21(16-27(32)33)11-13-29(23,4)26(28)12-14-30(24,25)5/h17-22,24-26,28H,6-16H2,1-5H3,(H,32,33)/t20-,21?,22?,24-,25+,26+,28+,29+,30-/m1/s1. The van der Waals surface area contributed by atoms with E-state index in [0.29, 0.717) is 23.2 Å². The first-order valence-corrected chi connectivity index (χ1v) is 14.0. The van der Waals surface area contributed by atoms with Gasteiger partial charge in [-0.2, -0.15) is 0 Å². The fourth-order valence-electron chi connectivity index (χ4n) is 9.39. The fraction of sp³-hybridized carbons (Fsp3) is 0.867. The minimum Gasteiger partial charge on any atom is -0.481 e. The largest absolute Gasteiger partial charge is 0.481 e. The van der Waals surface area contributed by atoms with Crippen molar-refractivity contribution in [2.45, 2.75) is 105 Å². The van der Waals surface area contributed by atoms with Gasteiger partial charge in [0.2, 0.25) is 0 Å². The molecule has 1 N–H and O–H groups in total. The Kier molecular flexibility index (Phi) is 7.19. The molecule has 0 bridgehead atoms. The van der Waals surface area contributed by atoms with Crippen molar-refractivity contribution in [1.29, 1.82) is 0 Å². The number of carboxylic acid groups (broad SMARTS) is 1. The SMILES string of the molecule is CC(C)CCC[C@@H](C)[C@H]1CC[C@H]2[C@@H]3C(C=O)C=C4CC(CC(=O)O)CC[C@]4(C)[C@H]3CC[C@]12C. The molecular formula is C30H48O3. The number of hydrogen-bond acceptors (Lipinski definition) is 2. The van der Waals surface area contributed by atoms with Crippen molar-refractivity contribution in [2.75, 3.05) is 0 Å². The van der Waals surface area contributed by atoms with E-state index in [1.54, 1.807) is 0 Å². The Morgan fingerprint density at radius 1 is 1.09 bits per heavy atom. The van der Waals surface area contributed by atoms with Gasteiger partial charge in [-0.05, 0) is 97.2 Å². The minimum atomic E-state index is -0.683. The zero-order chi connectivity index (χ0) is 24.0. The molecule has 4 aliphatic rings. The van der Waals surface area contributed by atoms with Crippen molar-refractivity contribution in [3.63, 3.8) is 0 Å². The molecule has 3 saturated carbocycles. The molecule has 9 atom stereocenters. The zero-order valence-electron chi connectivity index (χ0n) is 21.8. The van der Waals surface area contributed by atoms with E-state index in [0.717, 1.165) is 37.0 Å². The molecule has 0 amide bonds. The topological polar surface area (TPSA) is 54.4 Å². The third-order valence-electron chi connectivity index (χ3n) is 11.1. The van der Waals surface area contributed by atoms with Crippen LogP contribution < -0.4 is 0 Å². The van der Waals surface area contributed by atoms with Gasteiger partial charge in [-0.1, -0.05) is 65.5 Å². The Morgan fingerprint density at radius 3 is 2.52 bits per heavy atom. The first-order valence-electron chi connectivity index (χ1n) is 14.0. The molecule has 4 aliphatic carbocycles. The van der Waals surface area contributed by atoms with Crippen LogP contribution in [0, 0.1) is 58.2 Å². The third-order valence-corrected chi connectivity index (χ3v) is 11.1. The van der Waals surface area contributed by atoms with Gasteiger partial charge in [-0.3, -0.25) is 4.79 Å². The van der Waals surface area contributed by atoms with E-state index in [1.165, 1.54) is 56.8 Å². The second-order valence-electron chi connectivity index (χ2n) is 13.4. The van der Waals surface area contributed by atoms with Crippen LogP contribution in [0.2, 0.25) is 0 Å². The Labute approximate surface area is 202 Å². The van der Waals surface area contributed by atoms with Gasteiger partial charge in [-0.25, -0.2) is 0 Å². The predicted octanol–water partition coefficient (Wildman–Crippen LogP) is 7.54. The molecule has 0 radical (unpaired) electrons. The summed E-state index contributed by atoms with van der Waals surface area (Å²) in [4.78, 5) is 23.8. The number of carbonyl (C=O) groups excluding carboxylic acids is 1. The van der Waals surface area contributed by atoms with Crippen LogP contribution in [-0.4, -0.2) is 17.4 Å². The Hall–Kier alpha value is -1.12. The summed E-state index contributed by atoms with van der Waals surface area (Å²) in [5, 5.41) is 9.32. The third kappa shape index (κ3) is 4.47. The molecular weight excluding hydrogens is 408 g/mol. The van der Waals surface area contributed by atoms with Crippen LogP contribution in [0.3, 0.4) is 0 Å². The van der Waals surface area contributed by atoms with Crippen LogP contribution >= 0.6 is 0 Å². The molecule has 186 valence electrons. The Morgan fingerprint density at radius 2 is 1.85 bits per heavy atom. The lowest BCUT2D eigenvalue weighted by molar-refractivity contribution is -0.138. The number of hydrogen-bond donors (Lipinski definition) is 1. The number of allylic oxidation sites excluding steroid dienone is 2. The predicted molar refractivity (Wildman–Crippen MR) is 134 cm³/mol. The molecule has 4 rings (SSSR count). The van der Waals surface area contributed by atoms with Crippen LogP contribution in [0.25, 0.3) is 0 Å². The lowest BCUT2D eigenvalue weighted by atomic mass is 9.44. The summed E-state index contributed by atoms with van der Waals surface area (Å²) in [6.07, 6.45) is 16.1. The van der Waals surface area contributed by atoms with Gasteiger partial charge in [0.1, 0.15) is 6.29 Å². The maximum atomic E-state index is 12.4. The average Bonchev–Trinajstić information content (AvgIpc) is 3.10. The first kappa shape index (κ1) is 25.0. The quantitative estimate of drug-likeness (QED) is 0.303. The molecule has 0 aromatic carbocycles. The smallest absolute Gasteiger partial charge is 0.303 e. The molecule has 0 aromatic rings. The van der Waals surface area contributed by atoms with E-state index in [9.17, 15) is 14.7 Å². The number of rotatable bonds is 8. The van der Waals surface area contributed by atoms with Gasteiger partial charge in [0.05, 0.1) is 0 Å². The first-order chi connectivity index (χ1) is 15.6. The van der Waals surface area contributed by atoms with Crippen LogP contribution in [0.1, 0.15) is 105 Å². The van der Waals surface area contributed by atoms with Gasteiger partial charge in [0.25, 0.3) is 0 Å². The number of carboxylic acids is 1. The number of fused-ring (bicyclic) bond motifs is 5. The van der Waals surface area contributed by atoms with Crippen LogP contribution in [0.15, 0.2) is 11.6 Å². The summed E-state index contributed by atoms with van der Waals surface area (Å²) in [5.74, 6) is 3.69. The maximum Gasteiger partial charge on any atom is 0.303 e. The van der Waals surface area contributed by atoms with E-state index >= 15 is 0 Å². The second-order valence-corrected chi connectivity index (χ2v) is 13.4. The van der Waals surface area contributed by atoms with Crippen LogP contribution in [0.4, 0.5) is 0 Å². The minimum absolute atomic E-state index is 0.0290. The Bertz CT molecular complexity index is 769. The van der Waals surface area contributed by atoms with E-state index in [1.807, 2.05) is 0 Å². The summed E-state index contributed by atoms with van der Waals surface area (Å²) in [5.41, 5.74) is 1.96. The van der Waals surface area contributed by atoms with Gasteiger partial charge in [0, 0.05) is 12.3 Å². The molecule has 0 aromatic heterocycles. The van der Waals surface area contributed by atoms with E-state index in [-0.39, 0.29) is 23.7 Å². The van der Waals surface area contributed by atoms with E-state index in [4.69, 9.17) is 0 Å². The maximum absolute atomic E-state index is 12.4. The average molecular weight is 457 g/mol. The molecule has 2 unspecified atom stereocenters. The normalized spacial score (nSPS) is 43.3. The van der Waals surface area contributed by atoms with E-state index < -0.39 is 5.97 Å². The lowest BCUT2D eigenvalue weighted by Crippen LogP contribution is -2.53. The summed E-state index contributed by atoms with van der Waals surface area (Å²) >= 11 is 0. The molecule has 3 fully saturated rings. The van der Waals surface area contributed by atoms with Crippen molar-refractivity contribution >= 4 is 12.3 Å². The van der Waals surface area contributed by atoms with Crippen molar-refractivity contribution in [3.05, 3.63) is 11.6 Å². The summed E-state index contributed by atoms with van der Waals surface area (Å²) < 4.78 is 0. The molecule has 0 heterocycles. The molecule has 33 heavy (non-hydrogen) atoms. The molecule has 0 spiro atoms. The highest BCUT2D eigenvalue weighted by molar-refractivity contribution is 5.67. The van der Waals surface area contributed by atoms with E-state index in [2.05, 4.69) is 40.7 Å². The van der Waals surface area contributed by atoms with Gasteiger partial charge >= 0.3 is 5.97 Å². The number of aldehydes is 1. The fourth-order valence-corrected chi connectivity index (χ4v) is 9.39. The number of aliphatic carboxylic acids is 1. The van der Waals surface area contributed by atoms with Crippen molar-refractivity contribution < 1.29 is 14.7 Å². The van der Waals surface area contributed by atoms with Crippen molar-refractivity contribution in [1.82, 2.24) is 0 Å². The highest BCUT2D eigenvalue weighted by Crippen LogP contribution is 2.68. The van der Waals surface area contributed by atoms with Gasteiger partial charge in [0.15, 0.2) is 0 Å². The molecule has 0 saturated heterocycles. The summed E-state index contributed by atoms with van der Waals surface area (Å²) in [6, 6.07) is 0.